The molecule has 0 fully saturated rings. The highest BCUT2D eigenvalue weighted by Gasteiger charge is 2.10. The van der Waals surface area contributed by atoms with Crippen LogP contribution in [0.5, 0.6) is 11.5 Å². The number of methoxy groups -OCH3 is 2. The first-order valence-electron chi connectivity index (χ1n) is 5.45. The van der Waals surface area contributed by atoms with Gasteiger partial charge in [-0.05, 0) is 30.7 Å². The van der Waals surface area contributed by atoms with Gasteiger partial charge in [0.1, 0.15) is 11.5 Å². The second-order valence-electron chi connectivity index (χ2n) is 3.45. The Labute approximate surface area is 107 Å². The van der Waals surface area contributed by atoms with E-state index in [0.29, 0.717) is 6.54 Å². The normalized spacial score (nSPS) is 10.1. The van der Waals surface area contributed by atoms with E-state index in [1.165, 1.54) is 0 Å². The minimum absolute atomic E-state index is 0.596. The van der Waals surface area contributed by atoms with E-state index in [4.69, 9.17) is 15.2 Å². The Bertz CT molecular complexity index is 380. The van der Waals surface area contributed by atoms with E-state index < -0.39 is 0 Å². The SMILES string of the molecule is C=CCSc1cc(OC)c(CCN)cc1OC. The van der Waals surface area contributed by atoms with Crippen molar-refractivity contribution >= 4 is 11.8 Å². The summed E-state index contributed by atoms with van der Waals surface area (Å²) in [6.45, 7) is 4.31. The van der Waals surface area contributed by atoms with Gasteiger partial charge in [0.15, 0.2) is 0 Å². The van der Waals surface area contributed by atoms with Gasteiger partial charge in [-0.15, -0.1) is 18.3 Å². The fourth-order valence-electron chi connectivity index (χ4n) is 1.55. The lowest BCUT2D eigenvalue weighted by atomic mass is 10.1. The summed E-state index contributed by atoms with van der Waals surface area (Å²) in [5.74, 6) is 2.57. The molecule has 0 saturated carbocycles. The van der Waals surface area contributed by atoms with Crippen LogP contribution in [0.2, 0.25) is 0 Å². The molecule has 0 saturated heterocycles. The molecular formula is C13H19NO2S. The summed E-state index contributed by atoms with van der Waals surface area (Å²) in [6, 6.07) is 4.00. The van der Waals surface area contributed by atoms with Crippen molar-refractivity contribution in [1.82, 2.24) is 0 Å². The van der Waals surface area contributed by atoms with E-state index in [9.17, 15) is 0 Å². The molecule has 0 aliphatic carbocycles. The molecule has 1 rings (SSSR count). The zero-order valence-electron chi connectivity index (χ0n) is 10.4. The molecular weight excluding hydrogens is 234 g/mol. The molecule has 3 nitrogen and oxygen atoms in total. The van der Waals surface area contributed by atoms with Crippen molar-refractivity contribution in [2.45, 2.75) is 11.3 Å². The van der Waals surface area contributed by atoms with Crippen molar-refractivity contribution < 1.29 is 9.47 Å². The van der Waals surface area contributed by atoms with Crippen molar-refractivity contribution in [2.24, 2.45) is 5.73 Å². The molecule has 17 heavy (non-hydrogen) atoms. The van der Waals surface area contributed by atoms with Crippen LogP contribution in [-0.4, -0.2) is 26.5 Å². The zero-order valence-corrected chi connectivity index (χ0v) is 11.2. The number of rotatable bonds is 7. The van der Waals surface area contributed by atoms with Crippen molar-refractivity contribution in [1.29, 1.82) is 0 Å². The summed E-state index contributed by atoms with van der Waals surface area (Å²) in [7, 11) is 3.34. The summed E-state index contributed by atoms with van der Waals surface area (Å²) in [6.07, 6.45) is 2.65. The summed E-state index contributed by atoms with van der Waals surface area (Å²) in [4.78, 5) is 1.06. The monoisotopic (exact) mass is 253 g/mol. The maximum atomic E-state index is 5.58. The van der Waals surface area contributed by atoms with E-state index >= 15 is 0 Å². The highest BCUT2D eigenvalue weighted by Crippen LogP contribution is 2.35. The van der Waals surface area contributed by atoms with E-state index in [0.717, 1.165) is 34.1 Å². The van der Waals surface area contributed by atoms with Gasteiger partial charge in [-0.2, -0.15) is 0 Å². The molecule has 0 atom stereocenters. The Kier molecular flexibility index (Phi) is 5.94. The maximum absolute atomic E-state index is 5.58. The lowest BCUT2D eigenvalue weighted by Crippen LogP contribution is -2.05. The Balaban J connectivity index is 3.07. The van der Waals surface area contributed by atoms with Gasteiger partial charge >= 0.3 is 0 Å². The van der Waals surface area contributed by atoms with Gasteiger partial charge < -0.3 is 15.2 Å². The Morgan fingerprint density at radius 3 is 2.53 bits per heavy atom. The van der Waals surface area contributed by atoms with Gasteiger partial charge in [-0.3, -0.25) is 0 Å². The van der Waals surface area contributed by atoms with E-state index in [1.807, 2.05) is 18.2 Å². The molecule has 0 heterocycles. The molecule has 94 valence electrons. The molecule has 1 aromatic carbocycles. The second kappa shape index (κ2) is 7.25. The molecule has 0 bridgehead atoms. The van der Waals surface area contributed by atoms with Crippen LogP contribution in [0.1, 0.15) is 5.56 Å². The molecule has 0 unspecified atom stereocenters. The van der Waals surface area contributed by atoms with E-state index in [-0.39, 0.29) is 0 Å². The topological polar surface area (TPSA) is 44.5 Å². The molecule has 0 aromatic heterocycles. The maximum Gasteiger partial charge on any atom is 0.132 e. The number of hydrogen-bond donors (Lipinski definition) is 1. The lowest BCUT2D eigenvalue weighted by molar-refractivity contribution is 0.390. The quantitative estimate of drug-likeness (QED) is 0.599. The average molecular weight is 253 g/mol. The van der Waals surface area contributed by atoms with Crippen LogP contribution >= 0.6 is 11.8 Å². The summed E-state index contributed by atoms with van der Waals surface area (Å²) >= 11 is 1.67. The van der Waals surface area contributed by atoms with Gasteiger partial charge in [-0.25, -0.2) is 0 Å². The van der Waals surface area contributed by atoms with E-state index in [2.05, 4.69) is 6.58 Å². The van der Waals surface area contributed by atoms with Crippen LogP contribution in [0.15, 0.2) is 29.7 Å². The predicted octanol–water partition coefficient (Wildman–Crippen LogP) is 2.48. The standard InChI is InChI=1S/C13H19NO2S/c1-4-7-17-13-9-11(15-2)10(5-6-14)8-12(13)16-3/h4,8-9H,1,5-7,14H2,2-3H3. The van der Waals surface area contributed by atoms with Crippen LogP contribution in [0.25, 0.3) is 0 Å². The number of nitrogens with two attached hydrogens (primary N) is 1. The first kappa shape index (κ1) is 13.9. The van der Waals surface area contributed by atoms with Crippen LogP contribution in [0.4, 0.5) is 0 Å². The number of hydrogen-bond acceptors (Lipinski definition) is 4. The third-order valence-electron chi connectivity index (χ3n) is 2.34. The average Bonchev–Trinajstić information content (AvgIpc) is 2.36. The second-order valence-corrected chi connectivity index (χ2v) is 4.52. The van der Waals surface area contributed by atoms with Crippen molar-refractivity contribution in [2.75, 3.05) is 26.5 Å². The van der Waals surface area contributed by atoms with Crippen LogP contribution < -0.4 is 15.2 Å². The Morgan fingerprint density at radius 2 is 2.00 bits per heavy atom. The van der Waals surface area contributed by atoms with Crippen LogP contribution in [0.3, 0.4) is 0 Å². The predicted molar refractivity (Wildman–Crippen MR) is 73.2 cm³/mol. The third-order valence-corrected chi connectivity index (χ3v) is 3.37. The summed E-state index contributed by atoms with van der Waals surface area (Å²) in [5, 5.41) is 0. The molecule has 0 amide bonds. The minimum Gasteiger partial charge on any atom is -0.496 e. The van der Waals surface area contributed by atoms with Gasteiger partial charge in [0.05, 0.1) is 19.1 Å². The van der Waals surface area contributed by atoms with E-state index in [1.54, 1.807) is 26.0 Å². The Hall–Kier alpha value is -1.13. The lowest BCUT2D eigenvalue weighted by Gasteiger charge is -2.13. The zero-order chi connectivity index (χ0) is 12.7. The highest BCUT2D eigenvalue weighted by atomic mass is 32.2. The molecule has 2 N–H and O–H groups in total. The van der Waals surface area contributed by atoms with Crippen molar-refractivity contribution in [3.63, 3.8) is 0 Å². The van der Waals surface area contributed by atoms with Crippen molar-refractivity contribution in [3.05, 3.63) is 30.4 Å². The number of ether oxygens (including phenoxy) is 2. The smallest absolute Gasteiger partial charge is 0.132 e. The molecule has 0 radical (unpaired) electrons. The Morgan fingerprint density at radius 1 is 1.29 bits per heavy atom. The van der Waals surface area contributed by atoms with Gasteiger partial charge in [0.25, 0.3) is 0 Å². The molecule has 1 aromatic rings. The molecule has 0 spiro atoms. The highest BCUT2D eigenvalue weighted by molar-refractivity contribution is 7.99. The van der Waals surface area contributed by atoms with Crippen LogP contribution in [0, 0.1) is 0 Å². The minimum atomic E-state index is 0.596. The third kappa shape index (κ3) is 3.68. The largest absolute Gasteiger partial charge is 0.496 e. The number of benzene rings is 1. The van der Waals surface area contributed by atoms with Gasteiger partial charge in [0.2, 0.25) is 0 Å². The first-order valence-corrected chi connectivity index (χ1v) is 6.44. The van der Waals surface area contributed by atoms with Crippen molar-refractivity contribution in [3.8, 4) is 11.5 Å². The fraction of sp³-hybridized carbons (Fsp3) is 0.385. The molecule has 0 aliphatic heterocycles. The molecule has 0 aliphatic rings. The van der Waals surface area contributed by atoms with Gasteiger partial charge in [-0.1, -0.05) is 6.08 Å². The number of thioether (sulfide) groups is 1. The van der Waals surface area contributed by atoms with Gasteiger partial charge in [0, 0.05) is 5.75 Å². The van der Waals surface area contributed by atoms with Crippen LogP contribution in [-0.2, 0) is 6.42 Å². The first-order chi connectivity index (χ1) is 8.26. The fourth-order valence-corrected chi connectivity index (χ4v) is 2.32. The molecule has 4 heteroatoms. The summed E-state index contributed by atoms with van der Waals surface area (Å²) in [5.41, 5.74) is 6.66. The summed E-state index contributed by atoms with van der Waals surface area (Å²) < 4.78 is 10.7.